The van der Waals surface area contributed by atoms with Gasteiger partial charge in [0.1, 0.15) is 23.1 Å². The lowest BCUT2D eigenvalue weighted by atomic mass is 9.94. The third kappa shape index (κ3) is 5.39. The zero-order chi connectivity index (χ0) is 24.9. The molecule has 6 heteroatoms. The van der Waals surface area contributed by atoms with Gasteiger partial charge in [-0.25, -0.2) is 14.4 Å². The highest BCUT2D eigenvalue weighted by molar-refractivity contribution is 5.80. The summed E-state index contributed by atoms with van der Waals surface area (Å²) in [7, 11) is 3.33. The quantitative estimate of drug-likeness (QED) is 0.307. The molecule has 1 aliphatic heterocycles. The van der Waals surface area contributed by atoms with E-state index >= 15 is 0 Å². The molecule has 0 N–H and O–H groups in total. The van der Waals surface area contributed by atoms with E-state index in [0.717, 1.165) is 77.7 Å². The Balaban J connectivity index is 1.39. The molecule has 1 saturated heterocycles. The second-order valence-corrected chi connectivity index (χ2v) is 9.13. The van der Waals surface area contributed by atoms with Crippen LogP contribution in [0.15, 0.2) is 79.0 Å². The Morgan fingerprint density at radius 3 is 2.11 bits per heavy atom. The van der Waals surface area contributed by atoms with E-state index in [1.807, 2.05) is 60.8 Å². The first kappa shape index (κ1) is 23.9. The van der Waals surface area contributed by atoms with Crippen molar-refractivity contribution in [2.75, 3.05) is 27.3 Å². The molecule has 0 saturated carbocycles. The van der Waals surface area contributed by atoms with Gasteiger partial charge in [-0.1, -0.05) is 24.3 Å². The normalized spacial score (nSPS) is 14.5. The lowest BCUT2D eigenvalue weighted by Gasteiger charge is -2.31. The summed E-state index contributed by atoms with van der Waals surface area (Å²) >= 11 is 0. The number of halogens is 1. The smallest absolute Gasteiger partial charge is 0.132 e. The molecular weight excluding hydrogens is 453 g/mol. The van der Waals surface area contributed by atoms with Crippen molar-refractivity contribution in [1.82, 2.24) is 14.9 Å². The maximum atomic E-state index is 13.6. The molecule has 0 atom stereocenters. The van der Waals surface area contributed by atoms with Gasteiger partial charge in [-0.15, -0.1) is 0 Å². The summed E-state index contributed by atoms with van der Waals surface area (Å²) in [5.74, 6) is 2.61. The predicted molar refractivity (Wildman–Crippen MR) is 140 cm³/mol. The van der Waals surface area contributed by atoms with E-state index in [-0.39, 0.29) is 11.7 Å². The fourth-order valence-electron chi connectivity index (χ4n) is 4.79. The van der Waals surface area contributed by atoms with Crippen LogP contribution in [0, 0.1) is 5.82 Å². The lowest BCUT2D eigenvalue weighted by molar-refractivity contribution is 0.201. The Hall–Kier alpha value is -3.77. The van der Waals surface area contributed by atoms with Gasteiger partial charge in [0.25, 0.3) is 0 Å². The van der Waals surface area contributed by atoms with Crippen molar-refractivity contribution in [3.63, 3.8) is 0 Å². The van der Waals surface area contributed by atoms with Gasteiger partial charge in [0.15, 0.2) is 0 Å². The number of hydrogen-bond acceptors (Lipinski definition) is 5. The van der Waals surface area contributed by atoms with Crippen molar-refractivity contribution in [3.8, 4) is 33.9 Å². The largest absolute Gasteiger partial charge is 0.497 e. The molecule has 3 aromatic carbocycles. The van der Waals surface area contributed by atoms with E-state index in [0.29, 0.717) is 0 Å². The summed E-state index contributed by atoms with van der Waals surface area (Å²) in [4.78, 5) is 12.3. The molecule has 1 fully saturated rings. The molecule has 0 aliphatic carbocycles. The van der Waals surface area contributed by atoms with Gasteiger partial charge in [0, 0.05) is 29.8 Å². The maximum Gasteiger partial charge on any atom is 0.132 e. The molecule has 2 heterocycles. The lowest BCUT2D eigenvalue weighted by Crippen LogP contribution is -2.33. The Morgan fingerprint density at radius 1 is 0.861 bits per heavy atom. The third-order valence-corrected chi connectivity index (χ3v) is 6.82. The molecule has 0 amide bonds. The number of ether oxygens (including phenoxy) is 2. The van der Waals surface area contributed by atoms with E-state index < -0.39 is 0 Å². The summed E-state index contributed by atoms with van der Waals surface area (Å²) in [5, 5.41) is 0. The van der Waals surface area contributed by atoms with Gasteiger partial charge >= 0.3 is 0 Å². The highest BCUT2D eigenvalue weighted by atomic mass is 19.1. The van der Waals surface area contributed by atoms with E-state index in [4.69, 9.17) is 19.4 Å². The van der Waals surface area contributed by atoms with E-state index in [1.165, 1.54) is 6.07 Å². The minimum absolute atomic E-state index is 0.182. The van der Waals surface area contributed by atoms with Crippen molar-refractivity contribution < 1.29 is 13.9 Å². The van der Waals surface area contributed by atoms with Gasteiger partial charge < -0.3 is 9.47 Å². The average Bonchev–Trinajstić information content (AvgIpc) is 2.93. The van der Waals surface area contributed by atoms with Gasteiger partial charge in [-0.2, -0.15) is 0 Å². The highest BCUT2D eigenvalue weighted by Crippen LogP contribution is 2.35. The first-order valence-electron chi connectivity index (χ1n) is 12.3. The van der Waals surface area contributed by atoms with Gasteiger partial charge in [-0.3, -0.25) is 4.90 Å². The van der Waals surface area contributed by atoms with Crippen LogP contribution in [0.4, 0.5) is 4.39 Å². The van der Waals surface area contributed by atoms with Crippen LogP contribution in [0.5, 0.6) is 11.5 Å². The van der Waals surface area contributed by atoms with Crippen LogP contribution in [0.2, 0.25) is 0 Å². The van der Waals surface area contributed by atoms with Gasteiger partial charge in [0.05, 0.1) is 19.9 Å². The molecule has 0 spiro atoms. The molecule has 36 heavy (non-hydrogen) atoms. The SMILES string of the molecule is COc1ccc(-c2cnc(C3CCN(Cc4cccc(F)c4)CC3)nc2-c2ccc(OC)cc2)cc1. The second kappa shape index (κ2) is 10.9. The van der Waals surface area contributed by atoms with Crippen molar-refractivity contribution in [2.45, 2.75) is 25.3 Å². The Kier molecular flexibility index (Phi) is 7.23. The number of benzene rings is 3. The Bertz CT molecular complexity index is 1300. The molecule has 0 bridgehead atoms. The number of piperidine rings is 1. The maximum absolute atomic E-state index is 13.6. The fraction of sp³-hybridized carbons (Fsp3) is 0.267. The molecule has 0 radical (unpaired) electrons. The summed E-state index contributed by atoms with van der Waals surface area (Å²) in [5.41, 5.74) is 4.97. The topological polar surface area (TPSA) is 47.5 Å². The summed E-state index contributed by atoms with van der Waals surface area (Å²) in [6.07, 6.45) is 3.89. The van der Waals surface area contributed by atoms with Crippen LogP contribution in [0.3, 0.4) is 0 Å². The number of aromatic nitrogens is 2. The van der Waals surface area contributed by atoms with Crippen LogP contribution in [-0.2, 0) is 6.54 Å². The van der Waals surface area contributed by atoms with E-state index in [1.54, 1.807) is 26.4 Å². The van der Waals surface area contributed by atoms with Crippen LogP contribution in [0.25, 0.3) is 22.4 Å². The van der Waals surface area contributed by atoms with Crippen LogP contribution in [-0.4, -0.2) is 42.2 Å². The van der Waals surface area contributed by atoms with Crippen LogP contribution >= 0.6 is 0 Å². The van der Waals surface area contributed by atoms with Crippen molar-refractivity contribution in [2.24, 2.45) is 0 Å². The molecule has 0 unspecified atom stereocenters. The standard InChI is InChI=1S/C30H30FN3O2/c1-35-26-10-6-22(7-11-26)28-19-32-30(33-29(28)23-8-12-27(36-2)13-9-23)24-14-16-34(17-15-24)20-21-4-3-5-25(31)18-21/h3-13,18-19,24H,14-17,20H2,1-2H3. The first-order valence-corrected chi connectivity index (χ1v) is 12.3. The second-order valence-electron chi connectivity index (χ2n) is 9.13. The summed E-state index contributed by atoms with van der Waals surface area (Å²) in [6.45, 7) is 2.63. The van der Waals surface area contributed by atoms with E-state index in [9.17, 15) is 4.39 Å². The monoisotopic (exact) mass is 483 g/mol. The zero-order valence-corrected chi connectivity index (χ0v) is 20.7. The number of rotatable bonds is 7. The molecule has 5 rings (SSSR count). The number of likely N-dealkylation sites (tertiary alicyclic amines) is 1. The van der Waals surface area contributed by atoms with Crippen molar-refractivity contribution >= 4 is 0 Å². The van der Waals surface area contributed by atoms with E-state index in [2.05, 4.69) is 4.90 Å². The molecule has 5 nitrogen and oxygen atoms in total. The predicted octanol–water partition coefficient (Wildman–Crippen LogP) is 6.35. The zero-order valence-electron chi connectivity index (χ0n) is 20.7. The van der Waals surface area contributed by atoms with Crippen LogP contribution < -0.4 is 9.47 Å². The number of hydrogen-bond donors (Lipinski definition) is 0. The third-order valence-electron chi connectivity index (χ3n) is 6.82. The fourth-order valence-corrected chi connectivity index (χ4v) is 4.79. The highest BCUT2D eigenvalue weighted by Gasteiger charge is 2.24. The summed E-state index contributed by atoms with van der Waals surface area (Å²) in [6, 6.07) is 22.8. The van der Waals surface area contributed by atoms with Gasteiger partial charge in [-0.05, 0) is 85.6 Å². The molecule has 1 aliphatic rings. The Labute approximate surface area is 211 Å². The molecular formula is C30H30FN3O2. The first-order chi connectivity index (χ1) is 17.6. The molecule has 4 aromatic rings. The minimum atomic E-state index is -0.182. The summed E-state index contributed by atoms with van der Waals surface area (Å²) < 4.78 is 24.2. The molecule has 1 aromatic heterocycles. The molecule has 184 valence electrons. The Morgan fingerprint density at radius 2 is 1.50 bits per heavy atom. The van der Waals surface area contributed by atoms with Gasteiger partial charge in [0.2, 0.25) is 0 Å². The van der Waals surface area contributed by atoms with Crippen LogP contribution in [0.1, 0.15) is 30.1 Å². The number of methoxy groups -OCH3 is 2. The minimum Gasteiger partial charge on any atom is -0.497 e. The van der Waals surface area contributed by atoms with Crippen molar-refractivity contribution in [1.29, 1.82) is 0 Å². The average molecular weight is 484 g/mol. The van der Waals surface area contributed by atoms with Crippen molar-refractivity contribution in [3.05, 3.63) is 96.2 Å². The number of nitrogens with zero attached hydrogens (tertiary/aromatic N) is 3.